The van der Waals surface area contributed by atoms with Gasteiger partial charge in [0, 0.05) is 0 Å². The molecule has 0 fully saturated rings. The summed E-state index contributed by atoms with van der Waals surface area (Å²) in [6, 6.07) is 0. The Morgan fingerprint density at radius 3 is 2.27 bits per heavy atom. The van der Waals surface area contributed by atoms with Crippen molar-refractivity contribution in [2.45, 2.75) is 65.2 Å². The molecule has 15 heavy (non-hydrogen) atoms. The molecule has 2 nitrogen and oxygen atoms in total. The molecule has 0 aromatic heterocycles. The molecule has 0 bridgehead atoms. The fraction of sp³-hybridized carbons (Fsp3) is 0.769. The van der Waals surface area contributed by atoms with Crippen molar-refractivity contribution in [1.29, 1.82) is 0 Å². The number of nitrogens with zero attached hydrogens (tertiary/aromatic N) is 2. The molecule has 0 aromatic rings. The third-order valence-electron chi connectivity index (χ3n) is 2.90. The standard InChI is InChI=1S/C13H23N2/c1-3-4-5-6-7-8-9-10-13-12(2)11-14-15-13/h11H,3-10H2,1-2H3. The summed E-state index contributed by atoms with van der Waals surface area (Å²) >= 11 is 0. The molecule has 0 spiro atoms. The molecule has 1 rings (SSSR count). The van der Waals surface area contributed by atoms with Crippen molar-refractivity contribution in [3.05, 3.63) is 11.8 Å². The molecule has 85 valence electrons. The van der Waals surface area contributed by atoms with E-state index in [1.165, 1.54) is 56.2 Å². The van der Waals surface area contributed by atoms with Crippen molar-refractivity contribution < 1.29 is 0 Å². The van der Waals surface area contributed by atoms with E-state index < -0.39 is 0 Å². The van der Waals surface area contributed by atoms with E-state index in [1.807, 2.05) is 6.20 Å². The predicted molar refractivity (Wildman–Crippen MR) is 65.9 cm³/mol. The number of allylic oxidation sites excluding steroid dienone is 1. The van der Waals surface area contributed by atoms with Crippen LogP contribution in [-0.2, 0) is 0 Å². The fourth-order valence-corrected chi connectivity index (χ4v) is 1.84. The lowest BCUT2D eigenvalue weighted by atomic mass is 10.0. The third-order valence-corrected chi connectivity index (χ3v) is 2.90. The van der Waals surface area contributed by atoms with E-state index in [0.717, 1.165) is 6.42 Å². The molecule has 1 aliphatic heterocycles. The summed E-state index contributed by atoms with van der Waals surface area (Å²) in [4.78, 5) is 0. The van der Waals surface area contributed by atoms with Crippen LogP contribution in [0, 0.1) is 0 Å². The lowest BCUT2D eigenvalue weighted by Gasteiger charge is -2.01. The van der Waals surface area contributed by atoms with Gasteiger partial charge in [0.25, 0.3) is 0 Å². The van der Waals surface area contributed by atoms with Crippen molar-refractivity contribution in [2.75, 3.05) is 0 Å². The SMILES string of the molecule is CCCCCCCCCC1=N[N]C=C1C. The van der Waals surface area contributed by atoms with E-state index in [2.05, 4.69) is 24.4 Å². The minimum absolute atomic E-state index is 1.11. The normalized spacial score (nSPS) is 14.8. The predicted octanol–water partition coefficient (Wildman–Crippen LogP) is 4.00. The highest BCUT2D eigenvalue weighted by molar-refractivity contribution is 6.00. The molecule has 0 saturated carbocycles. The summed E-state index contributed by atoms with van der Waals surface area (Å²) in [6.45, 7) is 4.35. The largest absolute Gasteiger partial charge is 0.159 e. The molecular formula is C13H23N2. The molecular weight excluding hydrogens is 184 g/mol. The Labute approximate surface area is 93.8 Å². The molecule has 0 unspecified atom stereocenters. The highest BCUT2D eigenvalue weighted by Gasteiger charge is 2.07. The number of hydrogen-bond donors (Lipinski definition) is 0. The van der Waals surface area contributed by atoms with Crippen LogP contribution in [-0.4, -0.2) is 5.71 Å². The van der Waals surface area contributed by atoms with Gasteiger partial charge in [0.05, 0.1) is 11.9 Å². The summed E-state index contributed by atoms with van der Waals surface area (Å²) in [5.41, 5.74) is 6.36. The topological polar surface area (TPSA) is 26.5 Å². The minimum Gasteiger partial charge on any atom is -0.159 e. The molecule has 0 atom stereocenters. The first kappa shape index (κ1) is 12.3. The van der Waals surface area contributed by atoms with E-state index in [1.54, 1.807) is 0 Å². The van der Waals surface area contributed by atoms with Crippen LogP contribution < -0.4 is 5.43 Å². The summed E-state index contributed by atoms with van der Waals surface area (Å²) < 4.78 is 0. The van der Waals surface area contributed by atoms with Gasteiger partial charge in [0.2, 0.25) is 0 Å². The monoisotopic (exact) mass is 207 g/mol. The average Bonchev–Trinajstić information content (AvgIpc) is 2.63. The van der Waals surface area contributed by atoms with Gasteiger partial charge in [0.1, 0.15) is 0 Å². The number of unbranched alkanes of at least 4 members (excludes halogenated alkanes) is 6. The Kier molecular flexibility index (Phi) is 6.14. The number of rotatable bonds is 8. The van der Waals surface area contributed by atoms with Crippen LogP contribution in [0.3, 0.4) is 0 Å². The molecule has 0 aromatic carbocycles. The minimum atomic E-state index is 1.11. The molecule has 1 aliphatic rings. The molecule has 2 heteroatoms. The van der Waals surface area contributed by atoms with E-state index in [4.69, 9.17) is 0 Å². The zero-order valence-corrected chi connectivity index (χ0v) is 10.1. The zero-order valence-electron chi connectivity index (χ0n) is 10.1. The molecule has 0 aliphatic carbocycles. The van der Waals surface area contributed by atoms with Crippen molar-refractivity contribution in [3.63, 3.8) is 0 Å². The van der Waals surface area contributed by atoms with Crippen molar-refractivity contribution >= 4 is 5.71 Å². The first-order valence-electron chi connectivity index (χ1n) is 6.28. The molecule has 0 N–H and O–H groups in total. The summed E-state index contributed by atoms with van der Waals surface area (Å²) in [6.07, 6.45) is 12.5. The van der Waals surface area contributed by atoms with E-state index in [9.17, 15) is 0 Å². The van der Waals surface area contributed by atoms with Gasteiger partial charge in [-0.05, 0) is 25.3 Å². The quantitative estimate of drug-likeness (QED) is 0.538. The van der Waals surface area contributed by atoms with Gasteiger partial charge in [-0.15, -0.1) is 0 Å². The van der Waals surface area contributed by atoms with Gasteiger partial charge < -0.3 is 0 Å². The van der Waals surface area contributed by atoms with E-state index >= 15 is 0 Å². The highest BCUT2D eigenvalue weighted by atomic mass is 15.3. The Morgan fingerprint density at radius 1 is 1.00 bits per heavy atom. The molecule has 0 saturated heterocycles. The Balaban J connectivity index is 1.91. The highest BCUT2D eigenvalue weighted by Crippen LogP contribution is 2.13. The van der Waals surface area contributed by atoms with Crippen molar-refractivity contribution in [1.82, 2.24) is 5.43 Å². The van der Waals surface area contributed by atoms with Crippen LogP contribution in [0.2, 0.25) is 0 Å². The zero-order chi connectivity index (χ0) is 10.9. The van der Waals surface area contributed by atoms with Crippen LogP contribution >= 0.6 is 0 Å². The lowest BCUT2D eigenvalue weighted by Crippen LogP contribution is -1.96. The van der Waals surface area contributed by atoms with Crippen LogP contribution in [0.5, 0.6) is 0 Å². The molecule has 0 amide bonds. The maximum absolute atomic E-state index is 4.11. The van der Waals surface area contributed by atoms with Gasteiger partial charge >= 0.3 is 0 Å². The van der Waals surface area contributed by atoms with Crippen LogP contribution in [0.25, 0.3) is 0 Å². The van der Waals surface area contributed by atoms with Gasteiger partial charge in [-0.3, -0.25) is 0 Å². The fourth-order valence-electron chi connectivity index (χ4n) is 1.84. The Bertz CT molecular complexity index is 229. The van der Waals surface area contributed by atoms with Crippen LogP contribution in [0.15, 0.2) is 16.9 Å². The summed E-state index contributed by atoms with van der Waals surface area (Å²) in [5, 5.41) is 4.11. The number of hydrogen-bond acceptors (Lipinski definition) is 1. The second-order valence-corrected chi connectivity index (χ2v) is 4.35. The maximum Gasteiger partial charge on any atom is 0.0675 e. The van der Waals surface area contributed by atoms with Gasteiger partial charge in [0.15, 0.2) is 0 Å². The van der Waals surface area contributed by atoms with Gasteiger partial charge in [-0.25, -0.2) is 0 Å². The second-order valence-electron chi connectivity index (χ2n) is 4.35. The molecule has 1 radical (unpaired) electrons. The van der Waals surface area contributed by atoms with Crippen molar-refractivity contribution in [3.8, 4) is 0 Å². The van der Waals surface area contributed by atoms with Crippen LogP contribution in [0.1, 0.15) is 65.2 Å². The van der Waals surface area contributed by atoms with E-state index in [0.29, 0.717) is 0 Å². The summed E-state index contributed by atoms with van der Waals surface area (Å²) in [7, 11) is 0. The van der Waals surface area contributed by atoms with Crippen LogP contribution in [0.4, 0.5) is 0 Å². The molecule has 1 heterocycles. The summed E-state index contributed by atoms with van der Waals surface area (Å²) in [5.74, 6) is 0. The van der Waals surface area contributed by atoms with Gasteiger partial charge in [-0.1, -0.05) is 45.4 Å². The first-order valence-corrected chi connectivity index (χ1v) is 6.28. The third kappa shape index (κ3) is 5.01. The smallest absolute Gasteiger partial charge is 0.0675 e. The Morgan fingerprint density at radius 2 is 1.67 bits per heavy atom. The van der Waals surface area contributed by atoms with E-state index in [-0.39, 0.29) is 0 Å². The lowest BCUT2D eigenvalue weighted by molar-refractivity contribution is 0.595. The van der Waals surface area contributed by atoms with Gasteiger partial charge in [-0.2, -0.15) is 10.5 Å². The second kappa shape index (κ2) is 7.49. The average molecular weight is 207 g/mol. The first-order chi connectivity index (χ1) is 7.34. The maximum atomic E-state index is 4.11. The van der Waals surface area contributed by atoms with Crippen molar-refractivity contribution in [2.24, 2.45) is 5.10 Å². The Hall–Kier alpha value is -0.790.